The summed E-state index contributed by atoms with van der Waals surface area (Å²) in [5.74, 6) is 0.891. The molecule has 3 aromatic rings. The predicted octanol–water partition coefficient (Wildman–Crippen LogP) is 1.31. The molecule has 34 heavy (non-hydrogen) atoms. The maximum Gasteiger partial charge on any atom is 0.306 e. The molecule has 1 aromatic carbocycles. The lowest BCUT2D eigenvalue weighted by molar-refractivity contribution is -0.143. The molecule has 0 amide bonds. The number of sulfonamides is 1. The molecule has 0 N–H and O–H groups in total. The molecule has 0 bridgehead atoms. The first-order valence-corrected chi connectivity index (χ1v) is 12.4. The molecule has 11 nitrogen and oxygen atoms in total. The Morgan fingerprint density at radius 1 is 1.21 bits per heavy atom. The van der Waals surface area contributed by atoms with Crippen LogP contribution in [0.2, 0.25) is 0 Å². The zero-order chi connectivity index (χ0) is 24.3. The molecule has 1 aliphatic heterocycles. The van der Waals surface area contributed by atoms with Crippen molar-refractivity contribution in [3.05, 3.63) is 47.4 Å². The summed E-state index contributed by atoms with van der Waals surface area (Å²) in [7, 11) is -3.81. The Hall–Kier alpha value is -3.56. The molecule has 2 aromatic heterocycles. The molecule has 178 valence electrons. The second kappa shape index (κ2) is 9.74. The van der Waals surface area contributed by atoms with Crippen molar-refractivity contribution in [2.75, 3.05) is 37.7 Å². The van der Waals surface area contributed by atoms with Gasteiger partial charge < -0.3 is 9.64 Å². The number of aryl methyl sites for hydroxylation is 1. The molecule has 4 rings (SSSR count). The molecular formula is C22H25N7O4S. The van der Waals surface area contributed by atoms with Crippen molar-refractivity contribution in [1.82, 2.24) is 23.9 Å². The lowest BCUT2D eigenvalue weighted by atomic mass is 10.1. The SMILES string of the molecule is CCOC(=O)CCc1c(C)nc2ncnn2c1N1CCN(S(=O)(=O)c2ccccc2C#N)CC1. The van der Waals surface area contributed by atoms with Crippen LogP contribution in [0.1, 0.15) is 30.2 Å². The van der Waals surface area contributed by atoms with E-state index in [9.17, 15) is 18.5 Å². The third-order valence-electron chi connectivity index (χ3n) is 5.75. The van der Waals surface area contributed by atoms with E-state index in [2.05, 4.69) is 15.1 Å². The van der Waals surface area contributed by atoms with Crippen LogP contribution in [-0.4, -0.2) is 71.1 Å². The van der Waals surface area contributed by atoms with Crippen molar-refractivity contribution in [2.45, 2.75) is 31.6 Å². The van der Waals surface area contributed by atoms with Gasteiger partial charge in [0.25, 0.3) is 5.78 Å². The number of hydrogen-bond acceptors (Lipinski definition) is 9. The summed E-state index contributed by atoms with van der Waals surface area (Å²) in [5, 5.41) is 13.6. The minimum Gasteiger partial charge on any atom is -0.466 e. The fourth-order valence-corrected chi connectivity index (χ4v) is 5.67. The number of esters is 1. The number of carbonyl (C=O) groups excluding carboxylic acids is 1. The number of ether oxygens (including phenoxy) is 1. The number of piperazine rings is 1. The molecule has 0 saturated carbocycles. The second-order valence-corrected chi connectivity index (χ2v) is 9.68. The van der Waals surface area contributed by atoms with Crippen LogP contribution in [0.25, 0.3) is 5.78 Å². The summed E-state index contributed by atoms with van der Waals surface area (Å²) in [6, 6.07) is 8.17. The smallest absolute Gasteiger partial charge is 0.306 e. The highest BCUT2D eigenvalue weighted by atomic mass is 32.2. The number of hydrogen-bond donors (Lipinski definition) is 0. The van der Waals surface area contributed by atoms with E-state index in [1.54, 1.807) is 23.6 Å². The summed E-state index contributed by atoms with van der Waals surface area (Å²) in [5.41, 5.74) is 1.70. The second-order valence-electron chi connectivity index (χ2n) is 7.78. The predicted molar refractivity (Wildman–Crippen MR) is 123 cm³/mol. The molecule has 0 radical (unpaired) electrons. The van der Waals surface area contributed by atoms with E-state index in [4.69, 9.17) is 4.74 Å². The Morgan fingerprint density at radius 3 is 2.65 bits per heavy atom. The van der Waals surface area contributed by atoms with Crippen LogP contribution >= 0.6 is 0 Å². The van der Waals surface area contributed by atoms with Gasteiger partial charge in [0.1, 0.15) is 18.2 Å². The van der Waals surface area contributed by atoms with Crippen molar-refractivity contribution in [3.63, 3.8) is 0 Å². The van der Waals surface area contributed by atoms with Crippen LogP contribution in [0, 0.1) is 18.3 Å². The number of carbonyl (C=O) groups is 1. The van der Waals surface area contributed by atoms with Crippen LogP contribution in [0.15, 0.2) is 35.5 Å². The molecule has 1 saturated heterocycles. The van der Waals surface area contributed by atoms with Crippen LogP contribution in [0.4, 0.5) is 5.82 Å². The number of nitriles is 1. The maximum atomic E-state index is 13.2. The van der Waals surface area contributed by atoms with E-state index in [0.29, 0.717) is 31.9 Å². The molecular weight excluding hydrogens is 458 g/mol. The lowest BCUT2D eigenvalue weighted by Crippen LogP contribution is -2.49. The van der Waals surface area contributed by atoms with Crippen LogP contribution in [0.5, 0.6) is 0 Å². The van der Waals surface area contributed by atoms with E-state index in [1.165, 1.54) is 22.8 Å². The average Bonchev–Trinajstić information content (AvgIpc) is 3.30. The first-order chi connectivity index (χ1) is 16.4. The van der Waals surface area contributed by atoms with Gasteiger partial charge in [0, 0.05) is 43.9 Å². The number of nitrogens with zero attached hydrogens (tertiary/aromatic N) is 7. The topological polar surface area (TPSA) is 134 Å². The Balaban J connectivity index is 1.61. The minimum absolute atomic E-state index is 0.0134. The Bertz CT molecular complexity index is 1360. The van der Waals surface area contributed by atoms with E-state index in [0.717, 1.165) is 17.1 Å². The molecule has 0 unspecified atom stereocenters. The van der Waals surface area contributed by atoms with Gasteiger partial charge in [-0.1, -0.05) is 12.1 Å². The Morgan fingerprint density at radius 2 is 1.94 bits per heavy atom. The average molecular weight is 484 g/mol. The van der Waals surface area contributed by atoms with Crippen molar-refractivity contribution >= 4 is 27.6 Å². The van der Waals surface area contributed by atoms with Gasteiger partial charge in [-0.15, -0.1) is 0 Å². The summed E-state index contributed by atoms with van der Waals surface area (Å²) >= 11 is 0. The van der Waals surface area contributed by atoms with Gasteiger partial charge in [0.05, 0.1) is 17.1 Å². The third-order valence-corrected chi connectivity index (χ3v) is 7.71. The molecule has 1 aliphatic rings. The molecule has 1 fully saturated rings. The highest BCUT2D eigenvalue weighted by Gasteiger charge is 2.32. The van der Waals surface area contributed by atoms with Crippen molar-refractivity contribution in [1.29, 1.82) is 5.26 Å². The van der Waals surface area contributed by atoms with Crippen molar-refractivity contribution in [2.24, 2.45) is 0 Å². The van der Waals surface area contributed by atoms with Crippen molar-refractivity contribution in [3.8, 4) is 6.07 Å². The van der Waals surface area contributed by atoms with Gasteiger partial charge in [-0.2, -0.15) is 24.2 Å². The molecule has 3 heterocycles. The van der Waals surface area contributed by atoms with E-state index in [1.807, 2.05) is 17.9 Å². The van der Waals surface area contributed by atoms with Gasteiger partial charge in [-0.05, 0) is 32.4 Å². The molecule has 12 heteroatoms. The first kappa shape index (κ1) is 23.6. The monoisotopic (exact) mass is 483 g/mol. The highest BCUT2D eigenvalue weighted by molar-refractivity contribution is 7.89. The highest BCUT2D eigenvalue weighted by Crippen LogP contribution is 2.28. The van der Waals surface area contributed by atoms with Gasteiger partial charge in [-0.25, -0.2) is 13.4 Å². The van der Waals surface area contributed by atoms with Crippen LogP contribution in [0.3, 0.4) is 0 Å². The van der Waals surface area contributed by atoms with E-state index < -0.39 is 10.0 Å². The summed E-state index contributed by atoms with van der Waals surface area (Å²) in [6.07, 6.45) is 2.03. The van der Waals surface area contributed by atoms with Gasteiger partial charge >= 0.3 is 5.97 Å². The Labute approximate surface area is 197 Å². The molecule has 0 aliphatic carbocycles. The quantitative estimate of drug-likeness (QED) is 0.456. The number of benzene rings is 1. The van der Waals surface area contributed by atoms with Gasteiger partial charge in [0.15, 0.2) is 0 Å². The summed E-state index contributed by atoms with van der Waals surface area (Å²) in [6.45, 7) is 5.21. The molecule has 0 spiro atoms. The van der Waals surface area contributed by atoms with Crippen molar-refractivity contribution < 1.29 is 17.9 Å². The number of aromatic nitrogens is 4. The summed E-state index contributed by atoms with van der Waals surface area (Å²) < 4.78 is 34.5. The van der Waals surface area contributed by atoms with E-state index in [-0.39, 0.29) is 35.9 Å². The zero-order valence-corrected chi connectivity index (χ0v) is 19.8. The van der Waals surface area contributed by atoms with E-state index >= 15 is 0 Å². The lowest BCUT2D eigenvalue weighted by Gasteiger charge is -2.36. The number of anilines is 1. The molecule has 0 atom stereocenters. The maximum absolute atomic E-state index is 13.2. The fraction of sp³-hybridized carbons (Fsp3) is 0.409. The number of fused-ring (bicyclic) bond motifs is 1. The van der Waals surface area contributed by atoms with Crippen LogP contribution < -0.4 is 4.90 Å². The van der Waals surface area contributed by atoms with Gasteiger partial charge in [0.2, 0.25) is 10.0 Å². The number of rotatable bonds is 7. The minimum atomic E-state index is -3.81. The standard InChI is InChI=1S/C22H25N7O4S/c1-3-33-20(30)9-8-18-16(2)26-22-24-15-25-29(22)21(18)27-10-12-28(13-11-27)34(31,32)19-7-5-4-6-17(19)14-23/h4-7,15H,3,8-13H2,1-2H3. The normalized spacial score (nSPS) is 14.8. The first-order valence-electron chi connectivity index (χ1n) is 11.0. The third kappa shape index (κ3) is 4.44. The summed E-state index contributed by atoms with van der Waals surface area (Å²) in [4.78, 5) is 22.7. The van der Waals surface area contributed by atoms with Gasteiger partial charge in [-0.3, -0.25) is 4.79 Å². The largest absolute Gasteiger partial charge is 0.466 e. The fourth-order valence-electron chi connectivity index (χ4n) is 4.11. The zero-order valence-electron chi connectivity index (χ0n) is 19.0. The Kier molecular flexibility index (Phi) is 6.76. The van der Waals surface area contributed by atoms with Crippen LogP contribution in [-0.2, 0) is 26.0 Å².